The van der Waals surface area contributed by atoms with Crippen molar-refractivity contribution < 1.29 is 14.4 Å². The third-order valence-corrected chi connectivity index (χ3v) is 3.69. The predicted molar refractivity (Wildman–Crippen MR) is 69.8 cm³/mol. The number of aromatic nitrogens is 2. The minimum atomic E-state index is -0.507. The number of ether oxygens (including phenoxy) is 1. The van der Waals surface area contributed by atoms with Crippen LogP contribution in [-0.2, 0) is 4.74 Å². The van der Waals surface area contributed by atoms with Crippen LogP contribution < -0.4 is 0 Å². The lowest BCUT2D eigenvalue weighted by Crippen LogP contribution is -2.42. The van der Waals surface area contributed by atoms with E-state index in [0.29, 0.717) is 24.4 Å². The molecule has 1 aliphatic rings. The zero-order valence-corrected chi connectivity index (χ0v) is 12.0. The number of aliphatic hydroxyl groups excluding tert-OH is 1. The summed E-state index contributed by atoms with van der Waals surface area (Å²) in [4.78, 5) is 6.70. The molecule has 1 N–H and O–H groups in total. The largest absolute Gasteiger partial charge is 0.393 e. The number of hydrogen-bond donors (Lipinski definition) is 1. The van der Waals surface area contributed by atoms with Crippen molar-refractivity contribution in [3.8, 4) is 0 Å². The molecule has 6 nitrogen and oxygen atoms in total. The topological polar surface area (TPSA) is 71.6 Å². The fourth-order valence-electron chi connectivity index (χ4n) is 2.06. The Morgan fingerprint density at radius 2 is 2.05 bits per heavy atom. The summed E-state index contributed by atoms with van der Waals surface area (Å²) in [5, 5.41) is 13.5. The first-order valence-electron chi connectivity index (χ1n) is 6.86. The average Bonchev–Trinajstić information content (AvgIpc) is 2.87. The van der Waals surface area contributed by atoms with Gasteiger partial charge in [0.1, 0.15) is 6.10 Å². The molecule has 0 bridgehead atoms. The van der Waals surface area contributed by atoms with Gasteiger partial charge in [0, 0.05) is 19.1 Å². The Balaban J connectivity index is 2.06. The Bertz CT molecular complexity index is 406. The van der Waals surface area contributed by atoms with Gasteiger partial charge in [0.05, 0.1) is 18.6 Å². The molecule has 3 atom stereocenters. The molecule has 0 amide bonds. The van der Waals surface area contributed by atoms with Crippen LogP contribution in [0, 0.1) is 0 Å². The minimum absolute atomic E-state index is 0.144. The molecule has 19 heavy (non-hydrogen) atoms. The normalized spacial score (nSPS) is 24.6. The van der Waals surface area contributed by atoms with Crippen LogP contribution in [0.5, 0.6) is 0 Å². The van der Waals surface area contributed by atoms with Gasteiger partial charge in [-0.05, 0) is 20.8 Å². The Morgan fingerprint density at radius 1 is 1.32 bits per heavy atom. The highest BCUT2D eigenvalue weighted by Crippen LogP contribution is 2.24. The van der Waals surface area contributed by atoms with Gasteiger partial charge in [0.25, 0.3) is 0 Å². The number of aliphatic hydroxyl groups is 1. The molecule has 1 aliphatic heterocycles. The monoisotopic (exact) mass is 269 g/mol. The van der Waals surface area contributed by atoms with Gasteiger partial charge < -0.3 is 14.4 Å². The van der Waals surface area contributed by atoms with Crippen molar-refractivity contribution in [2.75, 3.05) is 19.7 Å². The second-order valence-electron chi connectivity index (χ2n) is 5.47. The Hall–Kier alpha value is -0.980. The maximum absolute atomic E-state index is 9.54. The van der Waals surface area contributed by atoms with Gasteiger partial charge in [0.15, 0.2) is 0 Å². The molecule has 0 aliphatic carbocycles. The molecule has 0 aromatic carbocycles. The standard InChI is InChI=1S/C13H23N3O3/c1-8(2)16-5-6-18-11(7-16)12-14-13(19-15-12)9(3)10(4)17/h8-11,17H,5-7H2,1-4H3. The van der Waals surface area contributed by atoms with Crippen LogP contribution >= 0.6 is 0 Å². The zero-order chi connectivity index (χ0) is 14.0. The fourth-order valence-corrected chi connectivity index (χ4v) is 2.06. The molecule has 0 radical (unpaired) electrons. The molecule has 3 unspecified atom stereocenters. The number of morpholine rings is 1. The number of rotatable bonds is 4. The summed E-state index contributed by atoms with van der Waals surface area (Å²) in [5.74, 6) is 0.883. The van der Waals surface area contributed by atoms with Gasteiger partial charge in [-0.15, -0.1) is 0 Å². The van der Waals surface area contributed by atoms with E-state index in [1.54, 1.807) is 6.92 Å². The van der Waals surface area contributed by atoms with Crippen molar-refractivity contribution in [1.29, 1.82) is 0 Å². The Labute approximate surface area is 113 Å². The van der Waals surface area contributed by atoms with Crippen LogP contribution in [0.25, 0.3) is 0 Å². The average molecular weight is 269 g/mol. The van der Waals surface area contributed by atoms with Crippen molar-refractivity contribution in [2.24, 2.45) is 0 Å². The van der Waals surface area contributed by atoms with Gasteiger partial charge >= 0.3 is 0 Å². The predicted octanol–water partition coefficient (Wildman–Crippen LogP) is 1.34. The molecule has 108 valence electrons. The number of nitrogens with zero attached hydrogens (tertiary/aromatic N) is 3. The van der Waals surface area contributed by atoms with E-state index in [9.17, 15) is 5.11 Å². The van der Waals surface area contributed by atoms with Crippen LogP contribution in [0.1, 0.15) is 51.4 Å². The van der Waals surface area contributed by atoms with Gasteiger partial charge in [-0.2, -0.15) is 4.98 Å². The third-order valence-electron chi connectivity index (χ3n) is 3.69. The summed E-state index contributed by atoms with van der Waals surface area (Å²) in [5.41, 5.74) is 0. The summed E-state index contributed by atoms with van der Waals surface area (Å²) < 4.78 is 10.9. The molecule has 6 heteroatoms. The van der Waals surface area contributed by atoms with E-state index in [4.69, 9.17) is 9.26 Å². The molecule has 1 aromatic heterocycles. The van der Waals surface area contributed by atoms with E-state index in [2.05, 4.69) is 28.9 Å². The third kappa shape index (κ3) is 3.32. The first kappa shape index (κ1) is 14.4. The first-order chi connectivity index (χ1) is 8.99. The van der Waals surface area contributed by atoms with E-state index in [1.807, 2.05) is 6.92 Å². The van der Waals surface area contributed by atoms with Gasteiger partial charge in [-0.3, -0.25) is 4.90 Å². The van der Waals surface area contributed by atoms with E-state index >= 15 is 0 Å². The summed E-state index contributed by atoms with van der Waals surface area (Å²) in [6.07, 6.45) is -0.650. The molecular formula is C13H23N3O3. The fraction of sp³-hybridized carbons (Fsp3) is 0.846. The van der Waals surface area contributed by atoms with E-state index in [0.717, 1.165) is 13.1 Å². The molecule has 1 saturated heterocycles. The summed E-state index contributed by atoms with van der Waals surface area (Å²) >= 11 is 0. The van der Waals surface area contributed by atoms with E-state index in [1.165, 1.54) is 0 Å². The van der Waals surface area contributed by atoms with Crippen molar-refractivity contribution in [3.63, 3.8) is 0 Å². The Morgan fingerprint density at radius 3 is 2.68 bits per heavy atom. The molecule has 2 rings (SSSR count). The van der Waals surface area contributed by atoms with Gasteiger partial charge in [-0.25, -0.2) is 0 Å². The first-order valence-corrected chi connectivity index (χ1v) is 6.86. The molecular weight excluding hydrogens is 246 g/mol. The van der Waals surface area contributed by atoms with Gasteiger partial charge in [0.2, 0.25) is 11.7 Å². The summed E-state index contributed by atoms with van der Waals surface area (Å²) in [6, 6.07) is 0.481. The van der Waals surface area contributed by atoms with Crippen LogP contribution in [0.4, 0.5) is 0 Å². The quantitative estimate of drug-likeness (QED) is 0.889. The van der Waals surface area contributed by atoms with Crippen LogP contribution in [0.2, 0.25) is 0 Å². The maximum Gasteiger partial charge on any atom is 0.232 e. The van der Waals surface area contributed by atoms with Crippen LogP contribution in [0.3, 0.4) is 0 Å². The lowest BCUT2D eigenvalue weighted by atomic mass is 10.1. The number of hydrogen-bond acceptors (Lipinski definition) is 6. The van der Waals surface area contributed by atoms with E-state index < -0.39 is 6.10 Å². The summed E-state index contributed by atoms with van der Waals surface area (Å²) in [6.45, 7) is 10.3. The van der Waals surface area contributed by atoms with Gasteiger partial charge in [-0.1, -0.05) is 12.1 Å². The molecule has 1 aromatic rings. The minimum Gasteiger partial charge on any atom is -0.393 e. The van der Waals surface area contributed by atoms with Crippen molar-refractivity contribution in [2.45, 2.75) is 51.9 Å². The molecule has 0 saturated carbocycles. The summed E-state index contributed by atoms with van der Waals surface area (Å²) in [7, 11) is 0. The SMILES string of the molecule is CC(O)C(C)c1nc(C2CN(C(C)C)CCO2)no1. The highest BCUT2D eigenvalue weighted by Gasteiger charge is 2.28. The Kier molecular flexibility index (Phi) is 4.54. The molecule has 2 heterocycles. The highest BCUT2D eigenvalue weighted by atomic mass is 16.5. The lowest BCUT2D eigenvalue weighted by molar-refractivity contribution is -0.0450. The second kappa shape index (κ2) is 5.98. The second-order valence-corrected chi connectivity index (χ2v) is 5.47. The zero-order valence-electron chi connectivity index (χ0n) is 12.0. The van der Waals surface area contributed by atoms with Crippen LogP contribution in [0.15, 0.2) is 4.52 Å². The lowest BCUT2D eigenvalue weighted by Gasteiger charge is -2.34. The smallest absolute Gasteiger partial charge is 0.232 e. The molecule has 1 fully saturated rings. The van der Waals surface area contributed by atoms with Crippen LogP contribution in [-0.4, -0.2) is 52.0 Å². The molecule has 0 spiro atoms. The van der Waals surface area contributed by atoms with Crippen molar-refractivity contribution in [1.82, 2.24) is 15.0 Å². The van der Waals surface area contributed by atoms with Crippen molar-refractivity contribution in [3.05, 3.63) is 11.7 Å². The van der Waals surface area contributed by atoms with E-state index in [-0.39, 0.29) is 12.0 Å². The highest BCUT2D eigenvalue weighted by molar-refractivity contribution is 4.98. The van der Waals surface area contributed by atoms with Crippen molar-refractivity contribution >= 4 is 0 Å². The maximum atomic E-state index is 9.54.